The van der Waals surface area contributed by atoms with Gasteiger partial charge in [-0.1, -0.05) is 24.3 Å². The number of pyridine rings is 2. The van der Waals surface area contributed by atoms with Crippen LogP contribution in [0.5, 0.6) is 23.4 Å². The highest BCUT2D eigenvalue weighted by molar-refractivity contribution is 5.98. The van der Waals surface area contributed by atoms with E-state index >= 15 is 17.6 Å². The lowest BCUT2D eigenvalue weighted by molar-refractivity contribution is -0.137. The second kappa shape index (κ2) is 19.2. The molecule has 5 aliphatic rings. The highest BCUT2D eigenvalue weighted by atomic mass is 19.4. The Morgan fingerprint density at radius 3 is 2.07 bits per heavy atom. The van der Waals surface area contributed by atoms with Gasteiger partial charge in [0.2, 0.25) is 5.88 Å². The number of methoxy groups -OCH3 is 2. The van der Waals surface area contributed by atoms with Gasteiger partial charge in [0.15, 0.2) is 5.82 Å². The third kappa shape index (κ3) is 10.2. The van der Waals surface area contributed by atoms with Crippen molar-refractivity contribution in [3.05, 3.63) is 82.8 Å². The molecule has 73 heavy (non-hydrogen) atoms. The third-order valence-electron chi connectivity index (χ3n) is 14.7. The zero-order valence-corrected chi connectivity index (χ0v) is 42.9. The Hall–Kier alpha value is -6.21. The predicted octanol–water partition coefficient (Wildman–Crippen LogP) is 9.78. The van der Waals surface area contributed by atoms with Crippen LogP contribution in [0.2, 0.25) is 0 Å². The molecule has 3 saturated heterocycles. The SMILES string of the molecule is COc1ccc(CN(Cc2ccc(OC)cc2)c2cc(-c3nc4c5c(nc(OCC6(CN7C[C@@H](C)O[C@@H](C)C7)CC6)nc5c3F)N3C[C@H]5CC[C@@H]([C@H]3[C@H](C)O4)N5C(=O)OC(C)(C)C)c(C(F)(F)F)c(C)n2)cc1. The number of ether oxygens (including phenoxy) is 6. The number of alkyl halides is 3. The normalized spacial score (nSPS) is 23.4. The first-order valence-corrected chi connectivity index (χ1v) is 25.2. The van der Waals surface area contributed by atoms with Crippen molar-refractivity contribution < 1.29 is 50.8 Å². The van der Waals surface area contributed by atoms with E-state index in [0.717, 1.165) is 43.6 Å². The van der Waals surface area contributed by atoms with E-state index in [1.165, 1.54) is 13.0 Å². The number of fused-ring (bicyclic) bond motifs is 5. The third-order valence-corrected chi connectivity index (χ3v) is 14.7. The molecule has 6 atom stereocenters. The molecule has 19 heteroatoms. The van der Waals surface area contributed by atoms with Crippen molar-refractivity contribution in [2.75, 3.05) is 56.8 Å². The van der Waals surface area contributed by atoms with Crippen LogP contribution in [0.4, 0.5) is 34.0 Å². The zero-order valence-electron chi connectivity index (χ0n) is 42.9. The van der Waals surface area contributed by atoms with E-state index in [4.69, 9.17) is 43.4 Å². The summed E-state index contributed by atoms with van der Waals surface area (Å²) in [6, 6.07) is 14.6. The first-order chi connectivity index (χ1) is 34.7. The zero-order chi connectivity index (χ0) is 51.7. The van der Waals surface area contributed by atoms with E-state index in [2.05, 4.69) is 23.7 Å². The fraction of sp³-hybridized carbons (Fsp3) is 0.537. The van der Waals surface area contributed by atoms with Gasteiger partial charge in [-0.2, -0.15) is 23.1 Å². The van der Waals surface area contributed by atoms with Crippen LogP contribution >= 0.6 is 0 Å². The average molecular weight is 1010 g/mol. The number of halogens is 4. The van der Waals surface area contributed by atoms with E-state index in [1.807, 2.05) is 61.8 Å². The molecule has 5 aromatic rings. The number of morpholine rings is 1. The lowest BCUT2D eigenvalue weighted by atomic mass is 9.98. The average Bonchev–Trinajstić information content (AvgIpc) is 4.04. The van der Waals surface area contributed by atoms with Gasteiger partial charge >= 0.3 is 18.3 Å². The lowest BCUT2D eigenvalue weighted by Crippen LogP contribution is -2.65. The molecule has 1 saturated carbocycles. The molecule has 3 aromatic heterocycles. The first-order valence-electron chi connectivity index (χ1n) is 25.2. The molecule has 4 fully saturated rings. The molecule has 2 bridgehead atoms. The van der Waals surface area contributed by atoms with Gasteiger partial charge in [-0.25, -0.2) is 19.2 Å². The highest BCUT2D eigenvalue weighted by Gasteiger charge is 2.54. The Morgan fingerprint density at radius 2 is 1.49 bits per heavy atom. The van der Waals surface area contributed by atoms with Crippen LogP contribution in [0.1, 0.15) is 89.6 Å². The number of rotatable bonds is 13. The van der Waals surface area contributed by atoms with Crippen molar-refractivity contribution in [2.24, 2.45) is 5.41 Å². The van der Waals surface area contributed by atoms with Crippen LogP contribution < -0.4 is 28.7 Å². The molecule has 1 aliphatic carbocycles. The maximum absolute atomic E-state index is 18.1. The largest absolute Gasteiger partial charge is 0.497 e. The summed E-state index contributed by atoms with van der Waals surface area (Å²) in [5.74, 6) is 0.458. The minimum atomic E-state index is -4.99. The van der Waals surface area contributed by atoms with Crippen molar-refractivity contribution in [1.29, 1.82) is 0 Å². The maximum atomic E-state index is 18.1. The van der Waals surface area contributed by atoms with Gasteiger partial charge < -0.3 is 38.2 Å². The molecule has 0 spiro atoms. The Bertz CT molecular complexity index is 2800. The summed E-state index contributed by atoms with van der Waals surface area (Å²) in [6.07, 6.45) is -2.90. The van der Waals surface area contributed by atoms with Crippen molar-refractivity contribution in [3.63, 3.8) is 0 Å². The van der Waals surface area contributed by atoms with Crippen molar-refractivity contribution in [3.8, 4) is 34.6 Å². The number of benzene rings is 2. The fourth-order valence-electron chi connectivity index (χ4n) is 11.4. The van der Waals surface area contributed by atoms with Gasteiger partial charge in [0.25, 0.3) is 0 Å². The molecule has 10 rings (SSSR count). The van der Waals surface area contributed by atoms with Crippen molar-refractivity contribution in [2.45, 2.75) is 135 Å². The summed E-state index contributed by atoms with van der Waals surface area (Å²) in [5.41, 5.74) is -2.30. The Labute approximate surface area is 423 Å². The number of amides is 1. The predicted molar refractivity (Wildman–Crippen MR) is 266 cm³/mol. The van der Waals surface area contributed by atoms with E-state index in [0.29, 0.717) is 30.9 Å². The van der Waals surface area contributed by atoms with Crippen LogP contribution in [0.15, 0.2) is 54.6 Å². The molecule has 1 amide bonds. The molecule has 390 valence electrons. The van der Waals surface area contributed by atoms with Crippen LogP contribution in [0, 0.1) is 18.2 Å². The van der Waals surface area contributed by atoms with Crippen molar-refractivity contribution in [1.82, 2.24) is 29.7 Å². The number of anilines is 2. The molecule has 7 heterocycles. The fourth-order valence-corrected chi connectivity index (χ4v) is 11.4. The number of hydrogen-bond acceptors (Lipinski definition) is 14. The number of carbonyl (C=O) groups excluding carboxylic acids is 1. The minimum Gasteiger partial charge on any atom is -0.497 e. The highest BCUT2D eigenvalue weighted by Crippen LogP contribution is 2.50. The number of aryl methyl sites for hydroxylation is 1. The van der Waals surface area contributed by atoms with E-state index in [9.17, 15) is 4.79 Å². The monoisotopic (exact) mass is 1010 g/mol. The summed E-state index contributed by atoms with van der Waals surface area (Å²) >= 11 is 0. The number of piperazine rings is 1. The molecular formula is C54H64F4N8O7. The topological polar surface area (TPSA) is 137 Å². The summed E-state index contributed by atoms with van der Waals surface area (Å²) in [6.45, 7) is 16.0. The second-order valence-corrected chi connectivity index (χ2v) is 21.6. The molecular weight excluding hydrogens is 949 g/mol. The van der Waals surface area contributed by atoms with Gasteiger partial charge in [0, 0.05) is 50.2 Å². The Kier molecular flexibility index (Phi) is 13.3. The standard InChI is InChI=1S/C54H64F4N8O7/c1-30-23-63(24-31(2)71-30)28-53(20-21-53)29-70-50-61-46-42-48(62-50)65-27-36-14-19-40(66(36)51(67)73-52(5,6)7)47(65)33(4)72-49(42)60-45(44(46)55)39-22-41(59-32(3)43(39)54(56,57)58)64(25-34-10-15-37(68-8)16-11-34)26-35-12-17-38(69-9)18-13-35/h10-13,15-18,22,30-31,33,36,40,47H,14,19-21,23-29H2,1-9H3/t30-,31+,33-,36+,40-,47+/m0/s1. The van der Waals surface area contributed by atoms with E-state index in [-0.39, 0.29) is 83.5 Å². The van der Waals surface area contributed by atoms with Gasteiger partial charge in [0.05, 0.1) is 62.4 Å². The molecule has 4 aliphatic heterocycles. The number of aromatic nitrogens is 4. The van der Waals surface area contributed by atoms with Gasteiger partial charge in [-0.15, -0.1) is 0 Å². The second-order valence-electron chi connectivity index (χ2n) is 21.6. The summed E-state index contributed by atoms with van der Waals surface area (Å²) < 4.78 is 101. The summed E-state index contributed by atoms with van der Waals surface area (Å²) in [4.78, 5) is 40.9. The maximum Gasteiger partial charge on any atom is 0.418 e. The van der Waals surface area contributed by atoms with E-state index in [1.54, 1.807) is 43.4 Å². The number of nitrogens with zero attached hydrogens (tertiary/aromatic N) is 8. The van der Waals surface area contributed by atoms with Crippen molar-refractivity contribution >= 4 is 28.6 Å². The number of carbonyl (C=O) groups is 1. The minimum absolute atomic E-state index is 0.0769. The van der Waals surface area contributed by atoms with E-state index < -0.39 is 58.7 Å². The summed E-state index contributed by atoms with van der Waals surface area (Å²) in [5, 5.41) is 0.102. The van der Waals surface area contributed by atoms with Crippen LogP contribution in [0.25, 0.3) is 22.2 Å². The van der Waals surface area contributed by atoms with Gasteiger partial charge in [-0.3, -0.25) is 9.80 Å². The van der Waals surface area contributed by atoms with Crippen LogP contribution in [-0.2, 0) is 28.7 Å². The molecule has 0 unspecified atom stereocenters. The van der Waals surface area contributed by atoms with Crippen LogP contribution in [0.3, 0.4) is 0 Å². The molecule has 15 nitrogen and oxygen atoms in total. The molecule has 0 radical (unpaired) electrons. The smallest absolute Gasteiger partial charge is 0.418 e. The quantitative estimate of drug-likeness (QED) is 0.104. The molecule has 2 aromatic carbocycles. The number of hydrogen-bond donors (Lipinski definition) is 0. The van der Waals surface area contributed by atoms with Gasteiger partial charge in [-0.05, 0) is 116 Å². The van der Waals surface area contributed by atoms with Gasteiger partial charge in [0.1, 0.15) is 51.4 Å². The van der Waals surface area contributed by atoms with Crippen LogP contribution in [-0.4, -0.2) is 125 Å². The Balaban J connectivity index is 1.11. The lowest BCUT2D eigenvalue weighted by Gasteiger charge is -2.48. The summed E-state index contributed by atoms with van der Waals surface area (Å²) in [7, 11) is 3.13. The Morgan fingerprint density at radius 1 is 0.863 bits per heavy atom. The molecule has 0 N–H and O–H groups in total. The first kappa shape index (κ1) is 50.3.